The summed E-state index contributed by atoms with van der Waals surface area (Å²) in [5, 5.41) is 4.77. The number of amides is 3. The van der Waals surface area contributed by atoms with Gasteiger partial charge >= 0.3 is 6.03 Å². The number of pyridine rings is 1. The smallest absolute Gasteiger partial charge is 0.321 e. The van der Waals surface area contributed by atoms with Gasteiger partial charge in [-0.1, -0.05) is 0 Å². The number of rotatable bonds is 5. The fourth-order valence-electron chi connectivity index (χ4n) is 1.19. The predicted octanol–water partition coefficient (Wildman–Crippen LogP) is 1.08. The summed E-state index contributed by atoms with van der Waals surface area (Å²) in [7, 11) is 0. The Kier molecular flexibility index (Phi) is 6.03. The zero-order chi connectivity index (χ0) is 12.5. The van der Waals surface area contributed by atoms with Crippen molar-refractivity contribution in [2.75, 3.05) is 12.4 Å². The monoisotopic (exact) mass is 255 g/mol. The zero-order valence-corrected chi connectivity index (χ0v) is 10.0. The molecule has 0 bridgehead atoms. The number of alkyl halides is 1. The van der Waals surface area contributed by atoms with Gasteiger partial charge in [-0.3, -0.25) is 15.1 Å². The van der Waals surface area contributed by atoms with Crippen molar-refractivity contribution in [3.8, 4) is 0 Å². The maximum absolute atomic E-state index is 11.2. The van der Waals surface area contributed by atoms with Gasteiger partial charge in [0.2, 0.25) is 5.91 Å². The fourth-order valence-corrected chi connectivity index (χ4v) is 1.36. The van der Waals surface area contributed by atoms with Crippen LogP contribution in [0.25, 0.3) is 0 Å². The molecule has 0 saturated carbocycles. The minimum Gasteiger partial charge on any atom is -0.337 e. The van der Waals surface area contributed by atoms with Gasteiger partial charge in [0.25, 0.3) is 0 Å². The molecule has 0 fully saturated rings. The van der Waals surface area contributed by atoms with Crippen LogP contribution in [-0.4, -0.2) is 29.3 Å². The summed E-state index contributed by atoms with van der Waals surface area (Å²) in [5.74, 6) is -0.169. The highest BCUT2D eigenvalue weighted by Gasteiger charge is 2.05. The number of imide groups is 1. The third kappa shape index (κ3) is 5.87. The summed E-state index contributed by atoms with van der Waals surface area (Å²) < 4.78 is 0. The lowest BCUT2D eigenvalue weighted by Crippen LogP contribution is -2.40. The third-order valence-corrected chi connectivity index (χ3v) is 2.21. The molecule has 0 radical (unpaired) electrons. The van der Waals surface area contributed by atoms with Gasteiger partial charge < -0.3 is 5.32 Å². The van der Waals surface area contributed by atoms with E-state index in [9.17, 15) is 9.59 Å². The van der Waals surface area contributed by atoms with Crippen LogP contribution in [0.5, 0.6) is 0 Å². The molecule has 1 aromatic heterocycles. The van der Waals surface area contributed by atoms with Crippen LogP contribution in [0.1, 0.15) is 12.0 Å². The summed E-state index contributed by atoms with van der Waals surface area (Å²) in [4.78, 5) is 26.1. The van der Waals surface area contributed by atoms with E-state index in [1.165, 1.54) is 0 Å². The van der Waals surface area contributed by atoms with Crippen molar-refractivity contribution in [2.24, 2.45) is 0 Å². The van der Waals surface area contributed by atoms with E-state index in [0.29, 0.717) is 13.0 Å². The van der Waals surface area contributed by atoms with E-state index in [2.05, 4.69) is 15.6 Å². The van der Waals surface area contributed by atoms with E-state index in [0.717, 1.165) is 5.56 Å². The van der Waals surface area contributed by atoms with E-state index in [1.54, 1.807) is 12.4 Å². The number of urea groups is 1. The Morgan fingerprint density at radius 3 is 2.65 bits per heavy atom. The van der Waals surface area contributed by atoms with Crippen LogP contribution >= 0.6 is 11.6 Å². The maximum atomic E-state index is 11.2. The molecule has 0 aromatic carbocycles. The van der Waals surface area contributed by atoms with Gasteiger partial charge in [0.1, 0.15) is 0 Å². The van der Waals surface area contributed by atoms with Crippen molar-refractivity contribution in [1.29, 1.82) is 0 Å². The zero-order valence-electron chi connectivity index (χ0n) is 9.28. The van der Waals surface area contributed by atoms with Gasteiger partial charge in [-0.15, -0.1) is 11.6 Å². The molecule has 17 heavy (non-hydrogen) atoms. The number of aromatic nitrogens is 1. The highest BCUT2D eigenvalue weighted by molar-refractivity contribution is 6.19. The van der Waals surface area contributed by atoms with Crippen molar-refractivity contribution >= 4 is 23.5 Å². The SMILES string of the molecule is O=C(CCCl)NC(=O)NCCc1ccncc1. The van der Waals surface area contributed by atoms with Crippen molar-refractivity contribution in [3.05, 3.63) is 30.1 Å². The van der Waals surface area contributed by atoms with Gasteiger partial charge in [-0.25, -0.2) is 4.79 Å². The molecule has 0 aliphatic rings. The van der Waals surface area contributed by atoms with Gasteiger partial charge in [-0.05, 0) is 24.1 Å². The van der Waals surface area contributed by atoms with E-state index in [1.807, 2.05) is 12.1 Å². The topological polar surface area (TPSA) is 71.1 Å². The molecular weight excluding hydrogens is 242 g/mol. The van der Waals surface area contributed by atoms with Crippen molar-refractivity contribution in [1.82, 2.24) is 15.6 Å². The van der Waals surface area contributed by atoms with Crippen LogP contribution in [0.15, 0.2) is 24.5 Å². The first-order valence-electron chi connectivity index (χ1n) is 5.25. The van der Waals surface area contributed by atoms with Crippen LogP contribution in [0.2, 0.25) is 0 Å². The van der Waals surface area contributed by atoms with Crippen LogP contribution in [0.3, 0.4) is 0 Å². The third-order valence-electron chi connectivity index (χ3n) is 2.02. The lowest BCUT2D eigenvalue weighted by Gasteiger charge is -2.05. The number of hydrogen-bond donors (Lipinski definition) is 2. The quantitative estimate of drug-likeness (QED) is 0.774. The van der Waals surface area contributed by atoms with Gasteiger partial charge in [0, 0.05) is 31.2 Å². The second-order valence-corrected chi connectivity index (χ2v) is 3.73. The number of halogens is 1. The lowest BCUT2D eigenvalue weighted by atomic mass is 10.2. The van der Waals surface area contributed by atoms with E-state index in [-0.39, 0.29) is 18.2 Å². The number of carbonyl (C=O) groups excluding carboxylic acids is 2. The highest BCUT2D eigenvalue weighted by Crippen LogP contribution is 1.95. The Balaban J connectivity index is 2.18. The second-order valence-electron chi connectivity index (χ2n) is 3.35. The summed E-state index contributed by atoms with van der Waals surface area (Å²) >= 11 is 5.37. The standard InChI is InChI=1S/C11H14ClN3O2/c12-5-1-10(16)15-11(17)14-8-4-9-2-6-13-7-3-9/h2-3,6-7H,1,4-5,8H2,(H2,14,15,16,17). The van der Waals surface area contributed by atoms with Crippen LogP contribution in [0, 0.1) is 0 Å². The first-order chi connectivity index (χ1) is 8.22. The summed E-state index contributed by atoms with van der Waals surface area (Å²) in [6, 6.07) is 3.25. The minimum atomic E-state index is -0.492. The first kappa shape index (κ1) is 13.4. The highest BCUT2D eigenvalue weighted by atomic mass is 35.5. The van der Waals surface area contributed by atoms with Crippen molar-refractivity contribution in [2.45, 2.75) is 12.8 Å². The average Bonchev–Trinajstić information content (AvgIpc) is 2.30. The van der Waals surface area contributed by atoms with Crippen LogP contribution in [-0.2, 0) is 11.2 Å². The molecule has 2 N–H and O–H groups in total. The molecular formula is C11H14ClN3O2. The normalized spacial score (nSPS) is 9.71. The Morgan fingerprint density at radius 2 is 2.00 bits per heavy atom. The molecule has 0 saturated heterocycles. The molecule has 3 amide bonds. The average molecular weight is 256 g/mol. The Hall–Kier alpha value is -1.62. The van der Waals surface area contributed by atoms with E-state index >= 15 is 0 Å². The molecule has 5 nitrogen and oxygen atoms in total. The molecule has 1 rings (SSSR count). The van der Waals surface area contributed by atoms with Crippen molar-refractivity contribution < 1.29 is 9.59 Å². The first-order valence-corrected chi connectivity index (χ1v) is 5.78. The number of nitrogens with one attached hydrogen (secondary N) is 2. The molecule has 0 spiro atoms. The van der Waals surface area contributed by atoms with Gasteiger partial charge in [0.15, 0.2) is 0 Å². The summed E-state index contributed by atoms with van der Waals surface area (Å²) in [5.41, 5.74) is 1.08. The molecule has 1 aromatic rings. The lowest BCUT2D eigenvalue weighted by molar-refractivity contribution is -0.119. The van der Waals surface area contributed by atoms with Gasteiger partial charge in [0.05, 0.1) is 0 Å². The molecule has 0 unspecified atom stereocenters. The van der Waals surface area contributed by atoms with Crippen molar-refractivity contribution in [3.63, 3.8) is 0 Å². The maximum Gasteiger partial charge on any atom is 0.321 e. The summed E-state index contributed by atoms with van der Waals surface area (Å²) in [6.07, 6.45) is 4.22. The second kappa shape index (κ2) is 7.62. The number of nitrogens with zero attached hydrogens (tertiary/aromatic N) is 1. The number of hydrogen-bond acceptors (Lipinski definition) is 3. The molecule has 1 heterocycles. The number of carbonyl (C=O) groups is 2. The van der Waals surface area contributed by atoms with E-state index in [4.69, 9.17) is 11.6 Å². The fraction of sp³-hybridized carbons (Fsp3) is 0.364. The molecule has 92 valence electrons. The van der Waals surface area contributed by atoms with Crippen LogP contribution < -0.4 is 10.6 Å². The van der Waals surface area contributed by atoms with E-state index < -0.39 is 6.03 Å². The Morgan fingerprint density at radius 1 is 1.29 bits per heavy atom. The largest absolute Gasteiger partial charge is 0.337 e. The summed E-state index contributed by atoms with van der Waals surface area (Å²) in [6.45, 7) is 0.462. The van der Waals surface area contributed by atoms with Crippen LogP contribution in [0.4, 0.5) is 4.79 Å². The molecule has 6 heteroatoms. The Labute approximate surface area is 105 Å². The molecule has 0 aliphatic carbocycles. The predicted molar refractivity (Wildman–Crippen MR) is 64.8 cm³/mol. The molecule has 0 aliphatic heterocycles. The molecule has 0 atom stereocenters. The van der Waals surface area contributed by atoms with Gasteiger partial charge in [-0.2, -0.15) is 0 Å². The minimum absolute atomic E-state index is 0.138. The Bertz CT molecular complexity index is 370.